The number of amides is 2. The molecule has 0 fully saturated rings. The van der Waals surface area contributed by atoms with Crippen molar-refractivity contribution < 1.29 is 24.6 Å². The van der Waals surface area contributed by atoms with Crippen molar-refractivity contribution in [3.05, 3.63) is 57.0 Å². The fourth-order valence-corrected chi connectivity index (χ4v) is 3.02. The van der Waals surface area contributed by atoms with Gasteiger partial charge in [-0.1, -0.05) is 18.2 Å². The molecule has 0 bridgehead atoms. The Hall–Kier alpha value is -3.62. The van der Waals surface area contributed by atoms with Crippen LogP contribution < -0.4 is 16.1 Å². The molecule has 1 aliphatic rings. The fraction of sp³-hybridized carbons (Fsp3) is 0.222. The van der Waals surface area contributed by atoms with E-state index in [0.717, 1.165) is 21.9 Å². The average molecular weight is 371 g/mol. The Morgan fingerprint density at radius 1 is 1.22 bits per heavy atom. The molecule has 1 unspecified atom stereocenters. The molecule has 1 aromatic carbocycles. The first-order valence-electron chi connectivity index (χ1n) is 8.08. The largest absolute Gasteiger partial charge is 0.503 e. The highest BCUT2D eigenvalue weighted by Gasteiger charge is 2.33. The summed E-state index contributed by atoms with van der Waals surface area (Å²) in [5.74, 6) is -3.83. The van der Waals surface area contributed by atoms with Crippen LogP contribution in [0, 0.1) is 13.8 Å². The van der Waals surface area contributed by atoms with Gasteiger partial charge in [-0.05, 0) is 25.0 Å². The number of benzene rings is 1. The Morgan fingerprint density at radius 2 is 1.85 bits per heavy atom. The normalized spacial score (nSPS) is 15.6. The van der Waals surface area contributed by atoms with E-state index in [1.165, 1.54) is 0 Å². The van der Waals surface area contributed by atoms with Gasteiger partial charge in [0.1, 0.15) is 11.6 Å². The van der Waals surface area contributed by atoms with Gasteiger partial charge in [-0.2, -0.15) is 0 Å². The number of fused-ring (bicyclic) bond motifs is 1. The molecule has 3 rings (SSSR count). The number of carboxylic acids is 1. The number of rotatable bonds is 3. The molecule has 1 atom stereocenters. The number of nitrogens with one attached hydrogen (secondary N) is 2. The number of aryl methyl sites for hydroxylation is 2. The molecule has 0 saturated carbocycles. The zero-order chi connectivity index (χ0) is 19.9. The van der Waals surface area contributed by atoms with Crippen molar-refractivity contribution in [3.8, 4) is 5.75 Å². The van der Waals surface area contributed by atoms with Gasteiger partial charge in [0.25, 0.3) is 5.91 Å². The monoisotopic (exact) mass is 371 g/mol. The van der Waals surface area contributed by atoms with Crippen LogP contribution in [0.25, 0.3) is 0 Å². The molecule has 2 aromatic rings. The van der Waals surface area contributed by atoms with Crippen LogP contribution in [0.2, 0.25) is 0 Å². The van der Waals surface area contributed by atoms with Crippen molar-refractivity contribution in [1.82, 2.24) is 9.88 Å². The van der Waals surface area contributed by atoms with Crippen LogP contribution in [-0.2, 0) is 11.3 Å². The zero-order valence-electron chi connectivity index (χ0n) is 14.6. The van der Waals surface area contributed by atoms with Crippen molar-refractivity contribution in [3.63, 3.8) is 0 Å². The highest BCUT2D eigenvalue weighted by atomic mass is 16.4. The molecule has 0 aliphatic carbocycles. The van der Waals surface area contributed by atoms with E-state index in [1.807, 2.05) is 32.0 Å². The Labute approximate surface area is 153 Å². The van der Waals surface area contributed by atoms with Gasteiger partial charge in [0.15, 0.2) is 11.4 Å². The van der Waals surface area contributed by atoms with Crippen molar-refractivity contribution >= 4 is 23.5 Å². The number of carboxylic acid groups (broad SMARTS) is 1. The quantitative estimate of drug-likeness (QED) is 0.624. The van der Waals surface area contributed by atoms with Crippen LogP contribution in [0.4, 0.5) is 5.69 Å². The Kier molecular flexibility index (Phi) is 4.44. The van der Waals surface area contributed by atoms with E-state index >= 15 is 0 Å². The molecule has 1 aliphatic heterocycles. The number of aromatic hydroxyl groups is 1. The van der Waals surface area contributed by atoms with E-state index < -0.39 is 40.6 Å². The first-order chi connectivity index (χ1) is 12.7. The van der Waals surface area contributed by atoms with Crippen LogP contribution in [0.5, 0.6) is 5.75 Å². The van der Waals surface area contributed by atoms with Gasteiger partial charge in [-0.15, -0.1) is 0 Å². The molecule has 4 N–H and O–H groups in total. The van der Waals surface area contributed by atoms with Crippen molar-refractivity contribution in [2.24, 2.45) is 0 Å². The number of para-hydroxylation sites is 1. The highest BCUT2D eigenvalue weighted by molar-refractivity contribution is 6.03. The first-order valence-corrected chi connectivity index (χ1v) is 8.08. The van der Waals surface area contributed by atoms with Gasteiger partial charge in [-0.25, -0.2) is 4.79 Å². The number of pyridine rings is 1. The molecular formula is C18H17N3O6. The van der Waals surface area contributed by atoms with Crippen molar-refractivity contribution in [1.29, 1.82) is 0 Å². The summed E-state index contributed by atoms with van der Waals surface area (Å²) in [7, 11) is 0. The third kappa shape index (κ3) is 3.14. The lowest BCUT2D eigenvalue weighted by Crippen LogP contribution is -2.51. The minimum atomic E-state index is -1.53. The second kappa shape index (κ2) is 6.60. The third-order valence-corrected chi connectivity index (χ3v) is 4.43. The Bertz CT molecular complexity index is 1020. The molecule has 9 heteroatoms. The predicted octanol–water partition coefficient (Wildman–Crippen LogP) is 0.620. The van der Waals surface area contributed by atoms with Crippen LogP contribution in [0.3, 0.4) is 0 Å². The van der Waals surface area contributed by atoms with E-state index in [0.29, 0.717) is 5.69 Å². The van der Waals surface area contributed by atoms with Gasteiger partial charge in [0, 0.05) is 11.9 Å². The minimum absolute atomic E-state index is 0.133. The molecule has 9 nitrogen and oxygen atoms in total. The topological polar surface area (TPSA) is 138 Å². The molecule has 140 valence electrons. The van der Waals surface area contributed by atoms with E-state index in [-0.39, 0.29) is 12.2 Å². The summed E-state index contributed by atoms with van der Waals surface area (Å²) in [5.41, 5.74) is 0.112. The highest BCUT2D eigenvalue weighted by Crippen LogP contribution is 2.22. The van der Waals surface area contributed by atoms with E-state index in [1.54, 1.807) is 0 Å². The summed E-state index contributed by atoms with van der Waals surface area (Å²) < 4.78 is 1.11. The van der Waals surface area contributed by atoms with E-state index in [2.05, 4.69) is 10.6 Å². The van der Waals surface area contributed by atoms with Crippen LogP contribution >= 0.6 is 0 Å². The fourth-order valence-electron chi connectivity index (χ4n) is 3.02. The number of aromatic nitrogens is 1. The van der Waals surface area contributed by atoms with Gasteiger partial charge in [0.2, 0.25) is 11.3 Å². The molecule has 2 heterocycles. The summed E-state index contributed by atoms with van der Waals surface area (Å²) in [6.45, 7) is 3.53. The maximum absolute atomic E-state index is 12.6. The number of carbonyl (C=O) groups excluding carboxylic acids is 2. The summed E-state index contributed by atoms with van der Waals surface area (Å²) in [5, 5.41) is 24.2. The third-order valence-electron chi connectivity index (χ3n) is 4.43. The summed E-state index contributed by atoms with van der Waals surface area (Å²) >= 11 is 0. The second-order valence-electron chi connectivity index (χ2n) is 6.31. The minimum Gasteiger partial charge on any atom is -0.503 e. The lowest BCUT2D eigenvalue weighted by atomic mass is 10.1. The number of hydrogen-bond acceptors (Lipinski definition) is 5. The molecule has 0 saturated heterocycles. The summed E-state index contributed by atoms with van der Waals surface area (Å²) in [6.07, 6.45) is 0.956. The van der Waals surface area contributed by atoms with Gasteiger partial charge in [0.05, 0.1) is 6.54 Å². The smallest absolute Gasteiger partial charge is 0.341 e. The molecule has 0 radical (unpaired) electrons. The molecular weight excluding hydrogens is 354 g/mol. The van der Waals surface area contributed by atoms with E-state index in [4.69, 9.17) is 5.11 Å². The number of anilines is 1. The SMILES string of the molecule is Cc1cccc(C)c1NC(=O)C1Cn2cc(C(=O)O)c(=O)c(O)c2C(=O)N1. The standard InChI is InChI=1S/C18H17N3O6/c1-8-4-3-5-9(2)12(8)20-16(24)11-7-21-6-10(18(26)27)14(22)15(23)13(21)17(25)19-11/h3-6,11,23H,7H2,1-2H3,(H,19,25)(H,20,24)(H,26,27). The lowest BCUT2D eigenvalue weighted by molar-refractivity contribution is -0.118. The van der Waals surface area contributed by atoms with Gasteiger partial charge in [-0.3, -0.25) is 14.4 Å². The van der Waals surface area contributed by atoms with Crippen LogP contribution in [0.1, 0.15) is 32.0 Å². The van der Waals surface area contributed by atoms with Gasteiger partial charge < -0.3 is 25.4 Å². The number of nitrogens with zero attached hydrogens (tertiary/aromatic N) is 1. The van der Waals surface area contributed by atoms with Gasteiger partial charge >= 0.3 is 5.97 Å². The second-order valence-corrected chi connectivity index (χ2v) is 6.31. The lowest BCUT2D eigenvalue weighted by Gasteiger charge is -2.27. The maximum Gasteiger partial charge on any atom is 0.341 e. The molecule has 0 spiro atoms. The Morgan fingerprint density at radius 3 is 2.44 bits per heavy atom. The number of aromatic carboxylic acids is 1. The first kappa shape index (κ1) is 18.2. The summed E-state index contributed by atoms with van der Waals surface area (Å²) in [4.78, 5) is 47.9. The molecule has 27 heavy (non-hydrogen) atoms. The van der Waals surface area contributed by atoms with E-state index in [9.17, 15) is 24.3 Å². The Balaban J connectivity index is 1.94. The number of hydrogen-bond donors (Lipinski definition) is 4. The maximum atomic E-state index is 12.6. The van der Waals surface area contributed by atoms with Crippen molar-refractivity contribution in [2.75, 3.05) is 5.32 Å². The average Bonchev–Trinajstić information content (AvgIpc) is 2.60. The van der Waals surface area contributed by atoms with Crippen molar-refractivity contribution in [2.45, 2.75) is 26.4 Å². The van der Waals surface area contributed by atoms with Crippen LogP contribution in [-0.4, -0.2) is 38.6 Å². The van der Waals surface area contributed by atoms with Crippen LogP contribution in [0.15, 0.2) is 29.2 Å². The zero-order valence-corrected chi connectivity index (χ0v) is 14.6. The predicted molar refractivity (Wildman–Crippen MR) is 95.1 cm³/mol. The summed E-state index contributed by atoms with van der Waals surface area (Å²) in [6, 6.07) is 4.51. The molecule has 1 aromatic heterocycles. The number of carbonyl (C=O) groups is 3. The molecule has 2 amide bonds.